The molecule has 7 nitrogen and oxygen atoms in total. The first-order chi connectivity index (χ1) is 13.1. The molecule has 0 fully saturated rings. The Morgan fingerprint density at radius 3 is 2.43 bits per heavy atom. The highest BCUT2D eigenvalue weighted by Gasteiger charge is 2.08. The van der Waals surface area contributed by atoms with Gasteiger partial charge in [-0.1, -0.05) is 12.0 Å². The molecule has 148 valence electrons. The Hall–Kier alpha value is -2.93. The molecule has 0 aliphatic heterocycles. The molecule has 1 amide bonds. The topological polar surface area (TPSA) is 84.0 Å². The highest BCUT2D eigenvalue weighted by molar-refractivity contribution is 14.0. The molecule has 0 bridgehead atoms. The number of rotatable bonds is 6. The zero-order chi connectivity index (χ0) is 19.6. The summed E-state index contributed by atoms with van der Waals surface area (Å²) in [5, 5.41) is 8.81. The number of aliphatic imine (C=N–C) groups is 1. The number of nitrogens with zero attached hydrogens (tertiary/aromatic N) is 1. The summed E-state index contributed by atoms with van der Waals surface area (Å²) in [5.41, 5.74) is 2.08. The van der Waals surface area contributed by atoms with Gasteiger partial charge in [-0.25, -0.2) is 0 Å². The van der Waals surface area contributed by atoms with E-state index in [0.717, 1.165) is 5.69 Å². The number of terminal acetylenes is 1. The van der Waals surface area contributed by atoms with E-state index < -0.39 is 0 Å². The van der Waals surface area contributed by atoms with Crippen molar-refractivity contribution in [1.29, 1.82) is 0 Å². The molecule has 0 aromatic heterocycles. The number of hydrogen-bond acceptors (Lipinski definition) is 4. The van der Waals surface area contributed by atoms with E-state index in [-0.39, 0.29) is 36.4 Å². The van der Waals surface area contributed by atoms with Crippen molar-refractivity contribution >= 4 is 47.2 Å². The van der Waals surface area contributed by atoms with E-state index in [1.165, 1.54) is 0 Å². The summed E-state index contributed by atoms with van der Waals surface area (Å²) in [5.74, 6) is 3.96. The minimum absolute atomic E-state index is 0. The summed E-state index contributed by atoms with van der Waals surface area (Å²) in [6.07, 6.45) is 5.36. The van der Waals surface area contributed by atoms with Gasteiger partial charge in [-0.05, 0) is 30.3 Å². The fraction of sp³-hybridized carbons (Fsp3) is 0.200. The summed E-state index contributed by atoms with van der Waals surface area (Å²) < 4.78 is 10.5. The molecule has 28 heavy (non-hydrogen) atoms. The van der Waals surface area contributed by atoms with Gasteiger partial charge < -0.3 is 25.4 Å². The number of anilines is 2. The van der Waals surface area contributed by atoms with Crippen LogP contribution in [0.15, 0.2) is 47.5 Å². The van der Waals surface area contributed by atoms with Crippen LogP contribution < -0.4 is 25.4 Å². The molecule has 8 heteroatoms. The van der Waals surface area contributed by atoms with Gasteiger partial charge in [0.15, 0.2) is 17.5 Å². The molecule has 0 aliphatic carbocycles. The van der Waals surface area contributed by atoms with E-state index in [0.29, 0.717) is 28.7 Å². The molecule has 0 saturated carbocycles. The Balaban J connectivity index is 0.00000392. The van der Waals surface area contributed by atoms with Crippen molar-refractivity contribution in [2.75, 3.05) is 38.4 Å². The Bertz CT molecular complexity index is 878. The first-order valence-corrected chi connectivity index (χ1v) is 8.15. The molecule has 2 aromatic carbocycles. The highest BCUT2D eigenvalue weighted by Crippen LogP contribution is 2.29. The molecule has 0 heterocycles. The summed E-state index contributed by atoms with van der Waals surface area (Å²) in [7, 11) is 4.75. The first-order valence-electron chi connectivity index (χ1n) is 8.15. The molecule has 0 aliphatic rings. The second kappa shape index (κ2) is 11.7. The number of ether oxygens (including phenoxy) is 2. The Morgan fingerprint density at radius 1 is 1.07 bits per heavy atom. The second-order valence-corrected chi connectivity index (χ2v) is 5.39. The minimum atomic E-state index is -0.223. The maximum atomic E-state index is 12.1. The van der Waals surface area contributed by atoms with Gasteiger partial charge in [-0.3, -0.25) is 9.79 Å². The lowest BCUT2D eigenvalue weighted by Crippen LogP contribution is -2.37. The lowest BCUT2D eigenvalue weighted by atomic mass is 10.2. The third-order valence-corrected chi connectivity index (χ3v) is 3.60. The van der Waals surface area contributed by atoms with Crippen molar-refractivity contribution in [2.45, 2.75) is 0 Å². The van der Waals surface area contributed by atoms with E-state index in [4.69, 9.17) is 15.9 Å². The molecule has 0 unspecified atom stereocenters. The van der Waals surface area contributed by atoms with Gasteiger partial charge in [0, 0.05) is 30.1 Å². The summed E-state index contributed by atoms with van der Waals surface area (Å²) in [6.45, 7) is 0.0350. The second-order valence-electron chi connectivity index (χ2n) is 5.39. The van der Waals surface area contributed by atoms with Gasteiger partial charge in [-0.15, -0.1) is 30.4 Å². The minimum Gasteiger partial charge on any atom is -0.493 e. The van der Waals surface area contributed by atoms with Gasteiger partial charge in [0.2, 0.25) is 5.91 Å². The lowest BCUT2D eigenvalue weighted by Gasteiger charge is -2.14. The predicted octanol–water partition coefficient (Wildman–Crippen LogP) is 2.93. The maximum absolute atomic E-state index is 12.1. The number of carbonyl (C=O) groups is 1. The number of carbonyl (C=O) groups excluding carboxylic acids is 1. The van der Waals surface area contributed by atoms with Gasteiger partial charge >= 0.3 is 0 Å². The summed E-state index contributed by atoms with van der Waals surface area (Å²) in [4.78, 5) is 16.2. The van der Waals surface area contributed by atoms with E-state index in [2.05, 4.69) is 26.9 Å². The molecular weight excluding hydrogens is 471 g/mol. The number of methoxy groups -OCH3 is 2. The van der Waals surface area contributed by atoms with Crippen LogP contribution in [0.3, 0.4) is 0 Å². The van der Waals surface area contributed by atoms with Crippen molar-refractivity contribution < 1.29 is 14.3 Å². The normalized spacial score (nSPS) is 10.1. The number of amides is 1. The van der Waals surface area contributed by atoms with E-state index in [1.807, 2.05) is 6.07 Å². The number of nitrogens with one attached hydrogen (secondary N) is 3. The number of hydrogen-bond donors (Lipinski definition) is 3. The monoisotopic (exact) mass is 494 g/mol. The molecule has 3 N–H and O–H groups in total. The van der Waals surface area contributed by atoms with Gasteiger partial charge in [0.25, 0.3) is 0 Å². The largest absolute Gasteiger partial charge is 0.493 e. The van der Waals surface area contributed by atoms with E-state index >= 15 is 0 Å². The predicted molar refractivity (Wildman–Crippen MR) is 123 cm³/mol. The van der Waals surface area contributed by atoms with Crippen molar-refractivity contribution in [1.82, 2.24) is 5.32 Å². The van der Waals surface area contributed by atoms with E-state index in [9.17, 15) is 4.79 Å². The van der Waals surface area contributed by atoms with Crippen LogP contribution >= 0.6 is 24.0 Å². The van der Waals surface area contributed by atoms with Crippen LogP contribution in [-0.2, 0) is 4.79 Å². The van der Waals surface area contributed by atoms with Crippen molar-refractivity contribution in [3.63, 3.8) is 0 Å². The zero-order valence-electron chi connectivity index (χ0n) is 15.9. The van der Waals surface area contributed by atoms with Gasteiger partial charge in [0.1, 0.15) is 0 Å². The molecule has 0 spiro atoms. The summed E-state index contributed by atoms with van der Waals surface area (Å²) in [6, 6.07) is 12.5. The quantitative estimate of drug-likeness (QED) is 0.249. The molecule has 2 aromatic rings. The Morgan fingerprint density at radius 2 is 1.79 bits per heavy atom. The fourth-order valence-corrected chi connectivity index (χ4v) is 2.29. The van der Waals surface area contributed by atoms with Crippen LogP contribution in [0.25, 0.3) is 0 Å². The van der Waals surface area contributed by atoms with Crippen LogP contribution in [0.2, 0.25) is 0 Å². The van der Waals surface area contributed by atoms with Crippen LogP contribution in [0, 0.1) is 12.3 Å². The van der Waals surface area contributed by atoms with Crippen LogP contribution in [0.1, 0.15) is 5.56 Å². The first kappa shape index (κ1) is 23.1. The third-order valence-electron chi connectivity index (χ3n) is 3.60. The molecule has 0 radical (unpaired) electrons. The molecular formula is C20H23IN4O3. The average molecular weight is 494 g/mol. The van der Waals surface area contributed by atoms with Crippen LogP contribution in [0.4, 0.5) is 11.4 Å². The maximum Gasteiger partial charge on any atom is 0.243 e. The van der Waals surface area contributed by atoms with Crippen molar-refractivity contribution in [3.05, 3.63) is 48.0 Å². The van der Waals surface area contributed by atoms with Crippen LogP contribution in [0.5, 0.6) is 11.5 Å². The zero-order valence-corrected chi connectivity index (χ0v) is 18.2. The number of benzene rings is 2. The lowest BCUT2D eigenvalue weighted by molar-refractivity contribution is -0.115. The standard InChI is InChI=1S/C20H22N4O3.HI/c1-5-14-7-6-8-15(11-14)23-19(25)13-22-20(21-2)24-16-9-10-17(26-3)18(12-16)27-4;/h1,6-12H,13H2,2-4H3,(H,23,25)(H2,21,22,24);1H. The third kappa shape index (κ3) is 6.66. The van der Waals surface area contributed by atoms with Crippen molar-refractivity contribution in [3.8, 4) is 23.8 Å². The van der Waals surface area contributed by atoms with Crippen LogP contribution in [-0.4, -0.2) is 39.7 Å². The molecule has 0 saturated heterocycles. The molecule has 0 atom stereocenters. The Labute approximate surface area is 181 Å². The average Bonchev–Trinajstić information content (AvgIpc) is 2.70. The highest BCUT2D eigenvalue weighted by atomic mass is 127. The van der Waals surface area contributed by atoms with Gasteiger partial charge in [-0.2, -0.15) is 0 Å². The number of guanidine groups is 1. The smallest absolute Gasteiger partial charge is 0.243 e. The van der Waals surface area contributed by atoms with Crippen molar-refractivity contribution in [2.24, 2.45) is 4.99 Å². The Kier molecular flexibility index (Phi) is 9.67. The SMILES string of the molecule is C#Cc1cccc(NC(=O)CNC(=NC)Nc2ccc(OC)c(OC)c2)c1.I. The van der Waals surface area contributed by atoms with E-state index in [1.54, 1.807) is 57.7 Å². The fourth-order valence-electron chi connectivity index (χ4n) is 2.29. The molecule has 2 rings (SSSR count). The van der Waals surface area contributed by atoms with Gasteiger partial charge in [0.05, 0.1) is 20.8 Å². The summed E-state index contributed by atoms with van der Waals surface area (Å²) >= 11 is 0. The number of halogens is 1.